The Balaban J connectivity index is 2.14. The number of carbonyl (C=O) groups is 2. The SMILES string of the molecule is COC(=O)c1ccc(NC(=O)c2cnc(Cl)cc2Cl)cc1. The van der Waals surface area contributed by atoms with Gasteiger partial charge >= 0.3 is 5.97 Å². The Labute approximate surface area is 130 Å². The molecule has 0 saturated heterocycles. The van der Waals surface area contributed by atoms with Gasteiger partial charge in [-0.1, -0.05) is 23.2 Å². The molecule has 2 aromatic rings. The molecule has 0 aliphatic heterocycles. The first kappa shape index (κ1) is 15.3. The smallest absolute Gasteiger partial charge is 0.337 e. The minimum absolute atomic E-state index is 0.207. The highest BCUT2D eigenvalue weighted by molar-refractivity contribution is 6.36. The maximum atomic E-state index is 12.1. The van der Waals surface area contributed by atoms with Crippen molar-refractivity contribution in [3.8, 4) is 0 Å². The van der Waals surface area contributed by atoms with E-state index in [-0.39, 0.29) is 15.7 Å². The number of rotatable bonds is 3. The lowest BCUT2D eigenvalue weighted by Crippen LogP contribution is -2.13. The van der Waals surface area contributed by atoms with E-state index in [2.05, 4.69) is 15.0 Å². The lowest BCUT2D eigenvalue weighted by atomic mass is 10.2. The molecular formula is C14H10Cl2N2O3. The minimum Gasteiger partial charge on any atom is -0.465 e. The first-order valence-corrected chi connectivity index (χ1v) is 6.57. The quantitative estimate of drug-likeness (QED) is 0.693. The molecule has 108 valence electrons. The highest BCUT2D eigenvalue weighted by Crippen LogP contribution is 2.20. The van der Waals surface area contributed by atoms with Crippen LogP contribution in [0.4, 0.5) is 5.69 Å². The van der Waals surface area contributed by atoms with Gasteiger partial charge in [-0.15, -0.1) is 0 Å². The van der Waals surface area contributed by atoms with E-state index in [1.54, 1.807) is 24.3 Å². The van der Waals surface area contributed by atoms with Crippen LogP contribution in [-0.4, -0.2) is 24.0 Å². The Hall–Kier alpha value is -2.11. The predicted octanol–water partition coefficient (Wildman–Crippen LogP) is 3.43. The van der Waals surface area contributed by atoms with Gasteiger partial charge in [0.15, 0.2) is 0 Å². The second-order valence-electron chi connectivity index (χ2n) is 4.01. The molecule has 1 aromatic heterocycles. The number of hydrogen-bond acceptors (Lipinski definition) is 4. The zero-order valence-corrected chi connectivity index (χ0v) is 12.4. The van der Waals surface area contributed by atoms with Gasteiger partial charge in [-0.3, -0.25) is 4.79 Å². The zero-order chi connectivity index (χ0) is 15.4. The van der Waals surface area contributed by atoms with E-state index in [0.717, 1.165) is 0 Å². The predicted molar refractivity (Wildman–Crippen MR) is 80.0 cm³/mol. The number of methoxy groups -OCH3 is 1. The van der Waals surface area contributed by atoms with Crippen LogP contribution >= 0.6 is 23.2 Å². The molecule has 1 aromatic carbocycles. The molecule has 0 fully saturated rings. The van der Waals surface area contributed by atoms with Gasteiger partial charge in [0.05, 0.1) is 23.3 Å². The summed E-state index contributed by atoms with van der Waals surface area (Å²) in [7, 11) is 1.30. The van der Waals surface area contributed by atoms with Crippen molar-refractivity contribution < 1.29 is 14.3 Å². The number of hydrogen-bond donors (Lipinski definition) is 1. The second kappa shape index (κ2) is 6.56. The average molecular weight is 325 g/mol. The normalized spacial score (nSPS) is 10.0. The Kier molecular flexibility index (Phi) is 4.77. The molecule has 0 spiro atoms. The second-order valence-corrected chi connectivity index (χ2v) is 4.80. The fourth-order valence-corrected chi connectivity index (χ4v) is 2.03. The number of pyridine rings is 1. The summed E-state index contributed by atoms with van der Waals surface area (Å²) in [6.45, 7) is 0. The molecule has 0 unspecified atom stereocenters. The van der Waals surface area contributed by atoms with Gasteiger partial charge in [0.1, 0.15) is 5.15 Å². The molecule has 21 heavy (non-hydrogen) atoms. The van der Waals surface area contributed by atoms with Crippen molar-refractivity contribution in [3.05, 3.63) is 57.8 Å². The summed E-state index contributed by atoms with van der Waals surface area (Å²) in [4.78, 5) is 27.2. The van der Waals surface area contributed by atoms with Crippen molar-refractivity contribution in [2.75, 3.05) is 12.4 Å². The molecule has 5 nitrogen and oxygen atoms in total. The molecule has 0 aliphatic carbocycles. The van der Waals surface area contributed by atoms with Crippen LogP contribution in [0.1, 0.15) is 20.7 Å². The first-order valence-electron chi connectivity index (χ1n) is 5.82. The third kappa shape index (κ3) is 3.71. The van der Waals surface area contributed by atoms with Gasteiger partial charge in [0.25, 0.3) is 5.91 Å². The Morgan fingerprint density at radius 3 is 2.43 bits per heavy atom. The van der Waals surface area contributed by atoms with Crippen molar-refractivity contribution in [1.29, 1.82) is 0 Å². The fourth-order valence-electron chi connectivity index (χ4n) is 1.58. The minimum atomic E-state index is -0.446. The molecule has 2 rings (SSSR count). The molecule has 7 heteroatoms. The summed E-state index contributed by atoms with van der Waals surface area (Å²) < 4.78 is 4.59. The summed E-state index contributed by atoms with van der Waals surface area (Å²) in [6, 6.07) is 7.65. The van der Waals surface area contributed by atoms with E-state index in [9.17, 15) is 9.59 Å². The molecule has 1 N–H and O–H groups in total. The Bertz CT molecular complexity index is 687. The summed E-state index contributed by atoms with van der Waals surface area (Å²) in [5.74, 6) is -0.868. The topological polar surface area (TPSA) is 68.3 Å². The lowest BCUT2D eigenvalue weighted by molar-refractivity contribution is 0.0600. The van der Waals surface area contributed by atoms with E-state index in [4.69, 9.17) is 23.2 Å². The maximum absolute atomic E-state index is 12.1. The molecule has 0 radical (unpaired) electrons. The van der Waals surface area contributed by atoms with Crippen LogP contribution in [0.15, 0.2) is 36.5 Å². The molecule has 1 amide bonds. The van der Waals surface area contributed by atoms with Gasteiger partial charge in [0.2, 0.25) is 0 Å². The zero-order valence-electron chi connectivity index (χ0n) is 10.9. The standard InChI is InChI=1S/C14H10Cl2N2O3/c1-21-14(20)8-2-4-9(5-3-8)18-13(19)10-7-17-12(16)6-11(10)15/h2-7H,1H3,(H,18,19). The Morgan fingerprint density at radius 2 is 1.86 bits per heavy atom. The molecular weight excluding hydrogens is 315 g/mol. The summed E-state index contributed by atoms with van der Waals surface area (Å²) >= 11 is 11.6. The van der Waals surface area contributed by atoms with Crippen LogP contribution in [0.2, 0.25) is 10.2 Å². The van der Waals surface area contributed by atoms with E-state index in [1.165, 1.54) is 19.4 Å². The number of amides is 1. The van der Waals surface area contributed by atoms with Crippen molar-refractivity contribution in [1.82, 2.24) is 4.98 Å². The van der Waals surface area contributed by atoms with Crippen molar-refractivity contribution >= 4 is 40.8 Å². The number of benzene rings is 1. The van der Waals surface area contributed by atoms with Crippen LogP contribution in [0.5, 0.6) is 0 Å². The van der Waals surface area contributed by atoms with Gasteiger partial charge in [-0.25, -0.2) is 9.78 Å². The molecule has 1 heterocycles. The van der Waals surface area contributed by atoms with Crippen LogP contribution in [-0.2, 0) is 4.74 Å². The number of aromatic nitrogens is 1. The van der Waals surface area contributed by atoms with Crippen molar-refractivity contribution in [2.24, 2.45) is 0 Å². The van der Waals surface area contributed by atoms with Crippen molar-refractivity contribution in [3.63, 3.8) is 0 Å². The number of nitrogens with zero attached hydrogens (tertiary/aromatic N) is 1. The molecule has 0 aliphatic rings. The molecule has 0 atom stereocenters. The number of halogens is 2. The number of nitrogens with one attached hydrogen (secondary N) is 1. The lowest BCUT2D eigenvalue weighted by Gasteiger charge is -2.07. The average Bonchev–Trinajstić information content (AvgIpc) is 2.47. The number of esters is 1. The highest BCUT2D eigenvalue weighted by Gasteiger charge is 2.12. The van der Waals surface area contributed by atoms with Crippen LogP contribution in [0.25, 0.3) is 0 Å². The largest absolute Gasteiger partial charge is 0.465 e. The van der Waals surface area contributed by atoms with E-state index in [1.807, 2.05) is 0 Å². The Morgan fingerprint density at radius 1 is 1.19 bits per heavy atom. The van der Waals surface area contributed by atoms with Crippen LogP contribution in [0.3, 0.4) is 0 Å². The first-order chi connectivity index (χ1) is 10.0. The van der Waals surface area contributed by atoms with E-state index >= 15 is 0 Å². The molecule has 0 saturated carbocycles. The van der Waals surface area contributed by atoms with Gasteiger partial charge in [-0.05, 0) is 30.3 Å². The van der Waals surface area contributed by atoms with Gasteiger partial charge < -0.3 is 10.1 Å². The monoisotopic (exact) mass is 324 g/mol. The van der Waals surface area contributed by atoms with Gasteiger partial charge in [0, 0.05) is 11.9 Å². The summed E-state index contributed by atoms with van der Waals surface area (Å²) in [6.07, 6.45) is 1.29. The van der Waals surface area contributed by atoms with Gasteiger partial charge in [-0.2, -0.15) is 0 Å². The summed E-state index contributed by atoms with van der Waals surface area (Å²) in [5.41, 5.74) is 1.11. The van der Waals surface area contributed by atoms with E-state index < -0.39 is 11.9 Å². The van der Waals surface area contributed by atoms with Crippen LogP contribution < -0.4 is 5.32 Å². The third-order valence-corrected chi connectivity index (χ3v) is 3.15. The van der Waals surface area contributed by atoms with E-state index in [0.29, 0.717) is 11.3 Å². The molecule has 0 bridgehead atoms. The number of ether oxygens (including phenoxy) is 1. The maximum Gasteiger partial charge on any atom is 0.337 e. The van der Waals surface area contributed by atoms with Crippen LogP contribution in [0, 0.1) is 0 Å². The summed E-state index contributed by atoms with van der Waals surface area (Å²) in [5, 5.41) is 3.06. The third-order valence-electron chi connectivity index (χ3n) is 2.63. The number of anilines is 1. The van der Waals surface area contributed by atoms with Crippen molar-refractivity contribution in [2.45, 2.75) is 0 Å². The highest BCUT2D eigenvalue weighted by atomic mass is 35.5. The fraction of sp³-hybridized carbons (Fsp3) is 0.0714. The number of carbonyl (C=O) groups excluding carboxylic acids is 2.